The second kappa shape index (κ2) is 7.66. The third-order valence-corrected chi connectivity index (χ3v) is 5.01. The first-order valence-corrected chi connectivity index (χ1v) is 9.02. The molecular weight excluding hydrogens is 358 g/mol. The molecule has 0 spiro atoms. The predicted octanol–water partition coefficient (Wildman–Crippen LogP) is 3.11. The molecule has 0 aliphatic carbocycles. The maximum absolute atomic E-state index is 12.6. The first-order chi connectivity index (χ1) is 13.3. The summed E-state index contributed by atoms with van der Waals surface area (Å²) in [4.78, 5) is 12.6. The van der Waals surface area contributed by atoms with Gasteiger partial charge in [-0.05, 0) is 49.6 Å². The predicted molar refractivity (Wildman–Crippen MR) is 107 cm³/mol. The molecule has 6 heteroatoms. The lowest BCUT2D eigenvalue weighted by molar-refractivity contribution is -0.142. The lowest BCUT2D eigenvalue weighted by Crippen LogP contribution is -2.52. The minimum Gasteiger partial charge on any atom is -0.507 e. The molecule has 2 aromatic carbocycles. The number of ether oxygens (including phenoxy) is 2. The Bertz CT molecular complexity index is 915. The number of aliphatic hydroxyl groups is 1. The first-order valence-electron chi connectivity index (χ1n) is 9.02. The SMILES string of the molecule is COc1ccc([C@]2(O)c3c(ccc(CC=C(C)C)c3O)NC(=O)[C@@H]2OC)cc1. The number of carbonyl (C=O) groups is 1. The Hall–Kier alpha value is -2.83. The van der Waals surface area contributed by atoms with Crippen LogP contribution in [0.1, 0.15) is 30.5 Å². The topological polar surface area (TPSA) is 88.0 Å². The molecular formula is C22H25NO5. The summed E-state index contributed by atoms with van der Waals surface area (Å²) in [5, 5.41) is 25.5. The lowest BCUT2D eigenvalue weighted by atomic mass is 9.76. The van der Waals surface area contributed by atoms with Gasteiger partial charge in [0.15, 0.2) is 11.7 Å². The second-order valence-electron chi connectivity index (χ2n) is 7.08. The van der Waals surface area contributed by atoms with Crippen molar-refractivity contribution in [3.63, 3.8) is 0 Å². The number of aromatic hydroxyl groups is 1. The van der Waals surface area contributed by atoms with E-state index in [0.717, 1.165) is 5.57 Å². The van der Waals surface area contributed by atoms with Crippen molar-refractivity contribution in [2.45, 2.75) is 32.0 Å². The van der Waals surface area contributed by atoms with E-state index in [9.17, 15) is 15.0 Å². The molecule has 0 aromatic heterocycles. The van der Waals surface area contributed by atoms with E-state index in [1.807, 2.05) is 19.9 Å². The number of methoxy groups -OCH3 is 2. The summed E-state index contributed by atoms with van der Waals surface area (Å²) in [6, 6.07) is 10.1. The van der Waals surface area contributed by atoms with Crippen molar-refractivity contribution in [3.05, 3.63) is 64.7 Å². The summed E-state index contributed by atoms with van der Waals surface area (Å²) < 4.78 is 10.5. The van der Waals surface area contributed by atoms with Gasteiger partial charge < -0.3 is 25.0 Å². The standard InChI is InChI=1S/C22H25NO5/c1-13(2)5-6-14-7-12-17-18(19(14)24)22(26,20(28-4)21(25)23-17)15-8-10-16(27-3)11-9-15/h5,7-12,20,24,26H,6H2,1-4H3,(H,23,25)/t20-,22-/m0/s1. The fraction of sp³-hybridized carbons (Fsp3) is 0.318. The minimum absolute atomic E-state index is 0.0598. The van der Waals surface area contributed by atoms with Gasteiger partial charge in [-0.15, -0.1) is 0 Å². The van der Waals surface area contributed by atoms with Crippen LogP contribution in [0.15, 0.2) is 48.0 Å². The molecule has 0 saturated heterocycles. The van der Waals surface area contributed by atoms with E-state index >= 15 is 0 Å². The Balaban J connectivity index is 2.23. The summed E-state index contributed by atoms with van der Waals surface area (Å²) in [5.74, 6) is 0.0727. The third-order valence-electron chi connectivity index (χ3n) is 5.01. The highest BCUT2D eigenvalue weighted by Crippen LogP contribution is 2.48. The van der Waals surface area contributed by atoms with E-state index in [2.05, 4.69) is 5.32 Å². The summed E-state index contributed by atoms with van der Waals surface area (Å²) in [5.41, 5.74) is 0.914. The van der Waals surface area contributed by atoms with Crippen LogP contribution in [-0.4, -0.2) is 36.4 Å². The molecule has 1 amide bonds. The molecule has 0 unspecified atom stereocenters. The maximum Gasteiger partial charge on any atom is 0.257 e. The van der Waals surface area contributed by atoms with Gasteiger partial charge >= 0.3 is 0 Å². The molecule has 1 aliphatic heterocycles. The Kier molecular flexibility index (Phi) is 5.45. The van der Waals surface area contributed by atoms with Crippen LogP contribution in [0.3, 0.4) is 0 Å². The molecule has 6 nitrogen and oxygen atoms in total. The van der Waals surface area contributed by atoms with Gasteiger partial charge in [0.25, 0.3) is 5.91 Å². The number of benzene rings is 2. The number of hydrogen-bond donors (Lipinski definition) is 3. The number of hydrogen-bond acceptors (Lipinski definition) is 5. The van der Waals surface area contributed by atoms with E-state index in [1.165, 1.54) is 7.11 Å². The molecule has 3 N–H and O–H groups in total. The Labute approximate surface area is 164 Å². The van der Waals surface area contributed by atoms with Gasteiger partial charge in [0.2, 0.25) is 0 Å². The Morgan fingerprint density at radius 3 is 2.43 bits per heavy atom. The van der Waals surface area contributed by atoms with Gasteiger partial charge in [0, 0.05) is 7.11 Å². The van der Waals surface area contributed by atoms with Crippen LogP contribution in [0.4, 0.5) is 5.69 Å². The molecule has 0 bridgehead atoms. The highest BCUT2D eigenvalue weighted by atomic mass is 16.5. The van der Waals surface area contributed by atoms with Crippen LogP contribution >= 0.6 is 0 Å². The van der Waals surface area contributed by atoms with Gasteiger partial charge in [0.1, 0.15) is 11.5 Å². The van der Waals surface area contributed by atoms with Crippen molar-refractivity contribution in [1.82, 2.24) is 0 Å². The fourth-order valence-corrected chi connectivity index (χ4v) is 3.54. The Morgan fingerprint density at radius 1 is 1.18 bits per heavy atom. The van der Waals surface area contributed by atoms with Crippen LogP contribution in [0.5, 0.6) is 11.5 Å². The van der Waals surface area contributed by atoms with Gasteiger partial charge in [0.05, 0.1) is 18.4 Å². The van der Waals surface area contributed by atoms with Crippen molar-refractivity contribution in [2.24, 2.45) is 0 Å². The van der Waals surface area contributed by atoms with E-state index in [4.69, 9.17) is 9.47 Å². The number of phenols is 1. The average Bonchev–Trinajstić information content (AvgIpc) is 2.67. The smallest absolute Gasteiger partial charge is 0.257 e. The van der Waals surface area contributed by atoms with Gasteiger partial charge in [-0.3, -0.25) is 4.79 Å². The number of carbonyl (C=O) groups excluding carboxylic acids is 1. The number of phenolic OH excluding ortho intramolecular Hbond substituents is 1. The van der Waals surface area contributed by atoms with Crippen molar-refractivity contribution < 1.29 is 24.5 Å². The van der Waals surface area contributed by atoms with Gasteiger partial charge in [-0.25, -0.2) is 0 Å². The lowest BCUT2D eigenvalue weighted by Gasteiger charge is -2.40. The minimum atomic E-state index is -1.86. The zero-order chi connectivity index (χ0) is 20.5. The second-order valence-corrected chi connectivity index (χ2v) is 7.08. The van der Waals surface area contributed by atoms with Crippen LogP contribution in [0, 0.1) is 0 Å². The van der Waals surface area contributed by atoms with E-state index in [-0.39, 0.29) is 11.3 Å². The maximum atomic E-state index is 12.6. The highest BCUT2D eigenvalue weighted by molar-refractivity contribution is 6.00. The van der Waals surface area contributed by atoms with E-state index in [0.29, 0.717) is 29.0 Å². The number of rotatable bonds is 5. The summed E-state index contributed by atoms with van der Waals surface area (Å²) in [7, 11) is 2.90. The molecule has 2 aromatic rings. The highest BCUT2D eigenvalue weighted by Gasteiger charge is 2.51. The van der Waals surface area contributed by atoms with Crippen molar-refractivity contribution in [3.8, 4) is 11.5 Å². The van der Waals surface area contributed by atoms with Crippen molar-refractivity contribution in [2.75, 3.05) is 19.5 Å². The zero-order valence-electron chi connectivity index (χ0n) is 16.4. The van der Waals surface area contributed by atoms with Crippen LogP contribution in [0.25, 0.3) is 0 Å². The largest absolute Gasteiger partial charge is 0.507 e. The molecule has 2 atom stereocenters. The van der Waals surface area contributed by atoms with Crippen molar-refractivity contribution in [1.29, 1.82) is 0 Å². The summed E-state index contributed by atoms with van der Waals surface area (Å²) >= 11 is 0. The number of fused-ring (bicyclic) bond motifs is 1. The molecule has 0 radical (unpaired) electrons. The van der Waals surface area contributed by atoms with Crippen LogP contribution in [0.2, 0.25) is 0 Å². The fourth-order valence-electron chi connectivity index (χ4n) is 3.54. The molecule has 28 heavy (non-hydrogen) atoms. The summed E-state index contributed by atoms with van der Waals surface area (Å²) in [6.07, 6.45) is 1.27. The zero-order valence-corrected chi connectivity index (χ0v) is 16.4. The monoisotopic (exact) mass is 383 g/mol. The number of amides is 1. The van der Waals surface area contributed by atoms with E-state index in [1.54, 1.807) is 43.5 Å². The van der Waals surface area contributed by atoms with Crippen LogP contribution < -0.4 is 10.1 Å². The van der Waals surface area contributed by atoms with Gasteiger partial charge in [-0.2, -0.15) is 0 Å². The molecule has 148 valence electrons. The van der Waals surface area contributed by atoms with Crippen molar-refractivity contribution >= 4 is 11.6 Å². The summed E-state index contributed by atoms with van der Waals surface area (Å²) in [6.45, 7) is 3.95. The first kappa shape index (κ1) is 19.9. The van der Waals surface area contributed by atoms with Gasteiger partial charge in [-0.1, -0.05) is 29.8 Å². The number of anilines is 1. The average molecular weight is 383 g/mol. The van der Waals surface area contributed by atoms with Crippen LogP contribution in [-0.2, 0) is 21.6 Å². The third kappa shape index (κ3) is 3.25. The quantitative estimate of drug-likeness (QED) is 0.691. The number of allylic oxidation sites excluding steroid dienone is 2. The Morgan fingerprint density at radius 2 is 1.86 bits per heavy atom. The van der Waals surface area contributed by atoms with E-state index < -0.39 is 17.6 Å². The molecule has 3 rings (SSSR count). The molecule has 1 aliphatic rings. The number of nitrogens with one attached hydrogen (secondary N) is 1. The molecule has 1 heterocycles. The molecule has 0 saturated carbocycles. The molecule has 0 fully saturated rings. The normalized spacial score (nSPS) is 20.9.